The Morgan fingerprint density at radius 1 is 1.42 bits per heavy atom. The Balaban J connectivity index is 2.32. The van der Waals surface area contributed by atoms with Gasteiger partial charge in [-0.15, -0.1) is 0 Å². The molecule has 1 atom stereocenters. The molecule has 0 aromatic heterocycles. The molecule has 0 radical (unpaired) electrons. The van der Waals surface area contributed by atoms with Gasteiger partial charge >= 0.3 is 0 Å². The number of rotatable bonds is 4. The molecule has 104 valence electrons. The van der Waals surface area contributed by atoms with Crippen molar-refractivity contribution in [2.45, 2.75) is 39.3 Å². The number of anilines is 2. The van der Waals surface area contributed by atoms with E-state index in [-0.39, 0.29) is 18.4 Å². The number of aliphatic hydroxyl groups excluding tert-OH is 1. The number of fused-ring (bicyclic) bond motifs is 1. The maximum atomic E-state index is 14.2. The van der Waals surface area contributed by atoms with Gasteiger partial charge < -0.3 is 15.3 Å². The van der Waals surface area contributed by atoms with E-state index in [4.69, 9.17) is 0 Å². The quantitative estimate of drug-likeness (QED) is 0.875. The molecule has 19 heavy (non-hydrogen) atoms. The van der Waals surface area contributed by atoms with E-state index in [1.54, 1.807) is 13.0 Å². The van der Waals surface area contributed by atoms with Crippen molar-refractivity contribution in [3.63, 3.8) is 0 Å². The van der Waals surface area contributed by atoms with Gasteiger partial charge in [0.2, 0.25) is 5.91 Å². The molecule has 2 rings (SSSR count). The summed E-state index contributed by atoms with van der Waals surface area (Å²) in [5, 5.41) is 12.2. The van der Waals surface area contributed by atoms with Crippen LogP contribution in [-0.4, -0.2) is 29.7 Å². The second-order valence-corrected chi connectivity index (χ2v) is 5.23. The monoisotopic (exact) mass is 266 g/mol. The third kappa shape index (κ3) is 2.71. The van der Waals surface area contributed by atoms with Crippen LogP contribution in [0, 0.1) is 5.82 Å². The molecule has 1 amide bonds. The lowest BCUT2D eigenvalue weighted by molar-refractivity contribution is -0.117. The summed E-state index contributed by atoms with van der Waals surface area (Å²) in [4.78, 5) is 13.4. The van der Waals surface area contributed by atoms with E-state index in [0.29, 0.717) is 23.5 Å². The van der Waals surface area contributed by atoms with Gasteiger partial charge in [-0.3, -0.25) is 4.79 Å². The van der Waals surface area contributed by atoms with Crippen LogP contribution in [0.3, 0.4) is 0 Å². The van der Waals surface area contributed by atoms with Crippen molar-refractivity contribution in [2.24, 2.45) is 0 Å². The molecule has 1 aromatic carbocycles. The zero-order valence-electron chi connectivity index (χ0n) is 11.4. The normalized spacial score (nSPS) is 15.9. The van der Waals surface area contributed by atoms with Gasteiger partial charge in [0.25, 0.3) is 0 Å². The van der Waals surface area contributed by atoms with Gasteiger partial charge in [-0.05, 0) is 38.5 Å². The van der Waals surface area contributed by atoms with Gasteiger partial charge in [-0.1, -0.05) is 0 Å². The number of hydrogen-bond donors (Lipinski definition) is 2. The molecular weight excluding hydrogens is 247 g/mol. The molecule has 0 unspecified atom stereocenters. The minimum absolute atomic E-state index is 0.0560. The number of halogens is 1. The molecule has 1 aliphatic rings. The molecule has 0 aliphatic carbocycles. The van der Waals surface area contributed by atoms with E-state index in [1.807, 2.05) is 13.8 Å². The lowest BCUT2D eigenvalue weighted by Crippen LogP contribution is -2.34. The first kappa shape index (κ1) is 13.8. The molecule has 5 heteroatoms. The first-order chi connectivity index (χ1) is 8.90. The Morgan fingerprint density at radius 2 is 2.11 bits per heavy atom. The molecule has 0 fully saturated rings. The van der Waals surface area contributed by atoms with E-state index >= 15 is 0 Å². The fraction of sp³-hybridized carbons (Fsp3) is 0.500. The average molecular weight is 266 g/mol. The van der Waals surface area contributed by atoms with Crippen LogP contribution in [0.2, 0.25) is 0 Å². The highest BCUT2D eigenvalue weighted by molar-refractivity contribution is 6.02. The number of carbonyl (C=O) groups is 1. The van der Waals surface area contributed by atoms with Crippen molar-refractivity contribution in [3.8, 4) is 0 Å². The van der Waals surface area contributed by atoms with Gasteiger partial charge in [0.05, 0.1) is 18.2 Å². The lowest BCUT2D eigenvalue weighted by atomic mass is 10.1. The standard InChI is InChI=1S/C14H19FN2O2/c1-8(2)17-13(19)5-10-4-11(16-7-9(3)18)6-12(15)14(10)17/h4,6,8-9,16,18H,5,7H2,1-3H3/t9-/m1/s1. The molecule has 0 bridgehead atoms. The van der Waals surface area contributed by atoms with Gasteiger partial charge in [0, 0.05) is 18.3 Å². The predicted molar refractivity (Wildman–Crippen MR) is 72.9 cm³/mol. The van der Waals surface area contributed by atoms with E-state index < -0.39 is 11.9 Å². The fourth-order valence-corrected chi connectivity index (χ4v) is 2.35. The number of nitrogens with zero attached hydrogens (tertiary/aromatic N) is 1. The van der Waals surface area contributed by atoms with Crippen molar-refractivity contribution in [2.75, 3.05) is 16.8 Å². The Bertz CT molecular complexity index is 500. The van der Waals surface area contributed by atoms with Gasteiger partial charge in [-0.25, -0.2) is 4.39 Å². The summed E-state index contributed by atoms with van der Waals surface area (Å²) in [7, 11) is 0. The van der Waals surface area contributed by atoms with Crippen LogP contribution in [0.5, 0.6) is 0 Å². The Kier molecular flexibility index (Phi) is 3.75. The Labute approximate surface area is 112 Å². The van der Waals surface area contributed by atoms with Crippen molar-refractivity contribution in [1.82, 2.24) is 0 Å². The maximum absolute atomic E-state index is 14.2. The third-order valence-electron chi connectivity index (χ3n) is 3.11. The number of nitrogens with one attached hydrogen (secondary N) is 1. The fourth-order valence-electron chi connectivity index (χ4n) is 2.35. The largest absolute Gasteiger partial charge is 0.392 e. The molecule has 0 saturated heterocycles. The summed E-state index contributed by atoms with van der Waals surface area (Å²) >= 11 is 0. The summed E-state index contributed by atoms with van der Waals surface area (Å²) in [6.07, 6.45) is -0.278. The zero-order valence-corrected chi connectivity index (χ0v) is 11.4. The van der Waals surface area contributed by atoms with E-state index in [1.165, 1.54) is 11.0 Å². The number of benzene rings is 1. The molecule has 4 nitrogen and oxygen atoms in total. The number of amides is 1. The zero-order chi connectivity index (χ0) is 14.2. The van der Waals surface area contributed by atoms with Crippen LogP contribution in [-0.2, 0) is 11.2 Å². The summed E-state index contributed by atoms with van der Waals surface area (Å²) in [5.74, 6) is -0.471. The summed E-state index contributed by atoms with van der Waals surface area (Å²) in [6.45, 7) is 5.74. The highest BCUT2D eigenvalue weighted by atomic mass is 19.1. The molecule has 2 N–H and O–H groups in total. The predicted octanol–water partition coefficient (Wildman–Crippen LogP) is 1.92. The SMILES string of the molecule is CC(C)N1C(=O)Cc2cc(NC[C@@H](C)O)cc(F)c21. The highest BCUT2D eigenvalue weighted by Gasteiger charge is 2.32. The number of hydrogen-bond acceptors (Lipinski definition) is 3. The van der Waals surface area contributed by atoms with Crippen LogP contribution in [0.25, 0.3) is 0 Å². The van der Waals surface area contributed by atoms with E-state index in [0.717, 1.165) is 0 Å². The molecular formula is C14H19FN2O2. The van der Waals surface area contributed by atoms with Crippen molar-refractivity contribution >= 4 is 17.3 Å². The second-order valence-electron chi connectivity index (χ2n) is 5.23. The summed E-state index contributed by atoms with van der Waals surface area (Å²) in [5.41, 5.74) is 1.69. The van der Waals surface area contributed by atoms with E-state index in [9.17, 15) is 14.3 Å². The maximum Gasteiger partial charge on any atom is 0.231 e. The topological polar surface area (TPSA) is 52.6 Å². The van der Waals surface area contributed by atoms with Crippen molar-refractivity contribution in [3.05, 3.63) is 23.5 Å². The second kappa shape index (κ2) is 5.17. The molecule has 1 aromatic rings. The summed E-state index contributed by atoms with van der Waals surface area (Å²) < 4.78 is 14.2. The minimum Gasteiger partial charge on any atom is -0.392 e. The number of carbonyl (C=O) groups excluding carboxylic acids is 1. The van der Waals surface area contributed by atoms with Gasteiger partial charge in [-0.2, -0.15) is 0 Å². The van der Waals surface area contributed by atoms with Crippen LogP contribution in [0.4, 0.5) is 15.8 Å². The van der Waals surface area contributed by atoms with Crippen molar-refractivity contribution < 1.29 is 14.3 Å². The first-order valence-electron chi connectivity index (χ1n) is 6.46. The third-order valence-corrected chi connectivity index (χ3v) is 3.11. The van der Waals surface area contributed by atoms with Crippen LogP contribution in [0.1, 0.15) is 26.3 Å². The molecule has 1 aliphatic heterocycles. The minimum atomic E-state index is -0.509. The molecule has 0 saturated carbocycles. The lowest BCUT2D eigenvalue weighted by Gasteiger charge is -2.22. The van der Waals surface area contributed by atoms with E-state index in [2.05, 4.69) is 5.32 Å². The Morgan fingerprint density at radius 3 is 2.68 bits per heavy atom. The summed E-state index contributed by atoms with van der Waals surface area (Å²) in [6, 6.07) is 3.09. The molecule has 1 heterocycles. The van der Waals surface area contributed by atoms with Crippen LogP contribution >= 0.6 is 0 Å². The average Bonchev–Trinajstić information content (AvgIpc) is 2.63. The smallest absolute Gasteiger partial charge is 0.231 e. The first-order valence-corrected chi connectivity index (χ1v) is 6.46. The van der Waals surface area contributed by atoms with Crippen molar-refractivity contribution in [1.29, 1.82) is 0 Å². The van der Waals surface area contributed by atoms with Gasteiger partial charge in [0.1, 0.15) is 5.82 Å². The van der Waals surface area contributed by atoms with Gasteiger partial charge in [0.15, 0.2) is 0 Å². The highest BCUT2D eigenvalue weighted by Crippen LogP contribution is 2.35. The van der Waals surface area contributed by atoms with Crippen LogP contribution < -0.4 is 10.2 Å². The number of aliphatic hydroxyl groups is 1. The van der Waals surface area contributed by atoms with Crippen LogP contribution in [0.15, 0.2) is 12.1 Å². The Hall–Kier alpha value is -1.62. The molecule has 0 spiro atoms.